The Morgan fingerprint density at radius 2 is 0.930 bits per heavy atom. The highest BCUT2D eigenvalue weighted by atomic mass is 31.2. The van der Waals surface area contributed by atoms with E-state index in [1.54, 1.807) is 0 Å². The van der Waals surface area contributed by atoms with Gasteiger partial charge in [0.1, 0.15) is 12.7 Å². The van der Waals surface area contributed by atoms with Gasteiger partial charge in [-0.05, 0) is 51.4 Å². The van der Waals surface area contributed by atoms with Crippen LogP contribution < -0.4 is 0 Å². The van der Waals surface area contributed by atoms with E-state index < -0.39 is 51.8 Å². The number of esters is 2. The zero-order valence-electron chi connectivity index (χ0n) is 36.0. The van der Waals surface area contributed by atoms with Crippen LogP contribution in [0.1, 0.15) is 194 Å². The van der Waals surface area contributed by atoms with Crippen LogP contribution in [0.2, 0.25) is 0 Å². The summed E-state index contributed by atoms with van der Waals surface area (Å²) in [4.78, 5) is 35.0. The summed E-state index contributed by atoms with van der Waals surface area (Å²) < 4.78 is 32.7. The van der Waals surface area contributed by atoms with Crippen LogP contribution >= 0.6 is 7.82 Å². The van der Waals surface area contributed by atoms with E-state index in [9.17, 15) is 24.2 Å². The molecule has 10 nitrogen and oxygen atoms in total. The normalized spacial score (nSPS) is 14.3. The van der Waals surface area contributed by atoms with E-state index in [4.69, 9.17) is 19.1 Å². The highest BCUT2D eigenvalue weighted by molar-refractivity contribution is 7.47. The van der Waals surface area contributed by atoms with Crippen molar-refractivity contribution < 1.29 is 47.8 Å². The molecule has 0 aliphatic carbocycles. The molecule has 3 atom stereocenters. The molecule has 1 unspecified atom stereocenters. The fourth-order valence-electron chi connectivity index (χ4n) is 5.99. The van der Waals surface area contributed by atoms with Crippen molar-refractivity contribution in [2.75, 3.05) is 26.4 Å². The van der Waals surface area contributed by atoms with Crippen LogP contribution in [0.3, 0.4) is 0 Å². The summed E-state index contributed by atoms with van der Waals surface area (Å²) in [5, 5.41) is 18.3. The van der Waals surface area contributed by atoms with E-state index in [0.717, 1.165) is 38.5 Å². The predicted octanol–water partition coefficient (Wildman–Crippen LogP) is 12.1. The standard InChI is InChI=1S/C46H83O10P/c1-3-5-7-9-11-13-15-17-18-19-20-21-22-23-24-26-28-30-32-34-36-38-46(50)56-44(42-55-57(51,52)54-40-43(48)39-47)41-53-45(49)37-35-33-31-29-27-25-16-14-12-10-8-6-4-2/h18-19,21-22,24,26,30,32,43-44,47-48H,3-17,20,23,25,27-29,31,33-42H2,1-2H3,(H,51,52)/b19-18+,22-21+,26-24+,32-30+/t43-,44+/m0/s1. The summed E-state index contributed by atoms with van der Waals surface area (Å²) in [6, 6.07) is 0. The first-order chi connectivity index (χ1) is 27.7. The predicted molar refractivity (Wildman–Crippen MR) is 233 cm³/mol. The third-order valence-electron chi connectivity index (χ3n) is 9.49. The van der Waals surface area contributed by atoms with Crippen LogP contribution in [-0.4, -0.2) is 65.7 Å². The Morgan fingerprint density at radius 3 is 1.42 bits per heavy atom. The molecule has 0 spiro atoms. The van der Waals surface area contributed by atoms with Crippen LogP contribution in [-0.2, 0) is 32.7 Å². The number of rotatable bonds is 42. The van der Waals surface area contributed by atoms with Crippen molar-refractivity contribution in [1.29, 1.82) is 0 Å². The number of unbranched alkanes of at least 4 members (excludes halogenated alkanes) is 20. The first-order valence-corrected chi connectivity index (χ1v) is 24.1. The maximum absolute atomic E-state index is 12.6. The number of phosphoric ester groups is 1. The van der Waals surface area contributed by atoms with Gasteiger partial charge >= 0.3 is 19.8 Å². The maximum Gasteiger partial charge on any atom is 0.472 e. The summed E-state index contributed by atoms with van der Waals surface area (Å²) in [6.07, 6.45) is 45.2. The molecule has 0 fully saturated rings. The number of aliphatic hydroxyl groups is 2. The second-order valence-electron chi connectivity index (χ2n) is 15.1. The molecule has 0 rings (SSSR count). The quantitative estimate of drug-likeness (QED) is 0.0235. The van der Waals surface area contributed by atoms with Gasteiger partial charge in [-0.3, -0.25) is 18.6 Å². The summed E-state index contributed by atoms with van der Waals surface area (Å²) >= 11 is 0. The molecule has 57 heavy (non-hydrogen) atoms. The van der Waals surface area contributed by atoms with E-state index in [0.29, 0.717) is 19.3 Å². The fraction of sp³-hybridized carbons (Fsp3) is 0.783. The van der Waals surface area contributed by atoms with Crippen LogP contribution in [0.4, 0.5) is 0 Å². The zero-order valence-corrected chi connectivity index (χ0v) is 36.9. The molecule has 3 N–H and O–H groups in total. The van der Waals surface area contributed by atoms with E-state index in [1.165, 1.54) is 109 Å². The number of aliphatic hydroxyl groups excluding tert-OH is 2. The van der Waals surface area contributed by atoms with Gasteiger partial charge in [-0.25, -0.2) is 4.57 Å². The smallest absolute Gasteiger partial charge is 0.462 e. The van der Waals surface area contributed by atoms with E-state index in [-0.39, 0.29) is 19.4 Å². The molecule has 0 saturated carbocycles. The largest absolute Gasteiger partial charge is 0.472 e. The molecule has 11 heteroatoms. The number of carbonyl (C=O) groups is 2. The number of hydrogen-bond acceptors (Lipinski definition) is 9. The van der Waals surface area contributed by atoms with Crippen molar-refractivity contribution >= 4 is 19.8 Å². The van der Waals surface area contributed by atoms with Gasteiger partial charge < -0.3 is 24.6 Å². The van der Waals surface area contributed by atoms with Crippen LogP contribution in [0, 0.1) is 0 Å². The first kappa shape index (κ1) is 54.9. The number of hydrogen-bond donors (Lipinski definition) is 3. The average Bonchev–Trinajstić information content (AvgIpc) is 3.20. The summed E-state index contributed by atoms with van der Waals surface area (Å²) in [5.74, 6) is -0.987. The highest BCUT2D eigenvalue weighted by Crippen LogP contribution is 2.43. The second-order valence-corrected chi connectivity index (χ2v) is 16.5. The Bertz CT molecular complexity index is 1090. The monoisotopic (exact) mass is 827 g/mol. The Hall–Kier alpha value is -2.07. The minimum atomic E-state index is -4.63. The van der Waals surface area contributed by atoms with Crippen molar-refractivity contribution in [3.05, 3.63) is 48.6 Å². The highest BCUT2D eigenvalue weighted by Gasteiger charge is 2.27. The van der Waals surface area contributed by atoms with Crippen LogP contribution in [0.5, 0.6) is 0 Å². The van der Waals surface area contributed by atoms with Crippen molar-refractivity contribution in [3.8, 4) is 0 Å². The molecular formula is C46H83O10P. The van der Waals surface area contributed by atoms with Gasteiger partial charge in [0.15, 0.2) is 6.10 Å². The third kappa shape index (κ3) is 41.9. The van der Waals surface area contributed by atoms with Crippen LogP contribution in [0.15, 0.2) is 48.6 Å². The molecule has 0 aromatic heterocycles. The lowest BCUT2D eigenvalue weighted by molar-refractivity contribution is -0.161. The van der Waals surface area contributed by atoms with Gasteiger partial charge in [-0.15, -0.1) is 0 Å². The zero-order chi connectivity index (χ0) is 41.9. The summed E-state index contributed by atoms with van der Waals surface area (Å²) in [6.45, 7) is 2.32. The molecule has 332 valence electrons. The van der Waals surface area contributed by atoms with Gasteiger partial charge in [-0.2, -0.15) is 0 Å². The molecule has 0 aliphatic rings. The van der Waals surface area contributed by atoms with Gasteiger partial charge in [-0.1, -0.05) is 178 Å². The Balaban J connectivity index is 4.36. The minimum absolute atomic E-state index is 0.109. The maximum atomic E-state index is 12.6. The lowest BCUT2D eigenvalue weighted by Crippen LogP contribution is -2.29. The SMILES string of the molecule is CCCCCCCCC/C=C/C/C=C/C/C=C/C/C=C/CCCC(=O)O[C@H](COC(=O)CCCCCCCCCCCCCCC)COP(=O)(O)OC[C@@H](O)CO. The topological polar surface area (TPSA) is 149 Å². The average molecular weight is 827 g/mol. The Labute approximate surface area is 347 Å². The Morgan fingerprint density at radius 1 is 0.526 bits per heavy atom. The number of carbonyl (C=O) groups excluding carboxylic acids is 2. The number of phosphoric acid groups is 1. The van der Waals surface area contributed by atoms with Crippen molar-refractivity contribution in [2.24, 2.45) is 0 Å². The number of ether oxygens (including phenoxy) is 2. The molecule has 0 amide bonds. The lowest BCUT2D eigenvalue weighted by Gasteiger charge is -2.20. The molecule has 0 saturated heterocycles. The molecule has 0 aromatic rings. The fourth-order valence-corrected chi connectivity index (χ4v) is 6.78. The van der Waals surface area contributed by atoms with Crippen LogP contribution in [0.25, 0.3) is 0 Å². The summed E-state index contributed by atoms with van der Waals surface area (Å²) in [5.41, 5.74) is 0. The van der Waals surface area contributed by atoms with Gasteiger partial charge in [0.25, 0.3) is 0 Å². The third-order valence-corrected chi connectivity index (χ3v) is 10.4. The molecular weight excluding hydrogens is 743 g/mol. The Kier molecular flexibility index (Phi) is 40.5. The van der Waals surface area contributed by atoms with Gasteiger partial charge in [0.2, 0.25) is 0 Å². The molecule has 0 heterocycles. The molecule has 0 aromatic carbocycles. The van der Waals surface area contributed by atoms with Gasteiger partial charge in [0.05, 0.1) is 19.8 Å². The molecule has 0 bridgehead atoms. The lowest BCUT2D eigenvalue weighted by atomic mass is 10.0. The number of allylic oxidation sites excluding steroid dienone is 8. The minimum Gasteiger partial charge on any atom is -0.462 e. The van der Waals surface area contributed by atoms with Crippen molar-refractivity contribution in [3.63, 3.8) is 0 Å². The second kappa shape index (κ2) is 42.1. The molecule has 0 aliphatic heterocycles. The van der Waals surface area contributed by atoms with E-state index >= 15 is 0 Å². The van der Waals surface area contributed by atoms with Gasteiger partial charge in [0, 0.05) is 12.8 Å². The summed E-state index contributed by atoms with van der Waals surface area (Å²) in [7, 11) is -4.63. The van der Waals surface area contributed by atoms with E-state index in [1.807, 2.05) is 6.08 Å². The molecule has 0 radical (unpaired) electrons. The first-order valence-electron chi connectivity index (χ1n) is 22.6. The van der Waals surface area contributed by atoms with Crippen molar-refractivity contribution in [1.82, 2.24) is 0 Å². The van der Waals surface area contributed by atoms with Crippen molar-refractivity contribution in [2.45, 2.75) is 206 Å². The van der Waals surface area contributed by atoms with E-state index in [2.05, 4.69) is 60.9 Å².